The van der Waals surface area contributed by atoms with E-state index in [1.807, 2.05) is 25.1 Å². The smallest absolute Gasteiger partial charge is 0.125 e. The van der Waals surface area contributed by atoms with E-state index in [1.165, 1.54) is 0 Å². The van der Waals surface area contributed by atoms with Crippen molar-refractivity contribution in [2.75, 3.05) is 25.1 Å². The van der Waals surface area contributed by atoms with E-state index in [2.05, 4.69) is 4.90 Å². The van der Waals surface area contributed by atoms with Gasteiger partial charge in [-0.1, -0.05) is 6.07 Å². The molecule has 0 aromatic heterocycles. The summed E-state index contributed by atoms with van der Waals surface area (Å²) in [5.74, 6) is 0.818. The van der Waals surface area contributed by atoms with Crippen molar-refractivity contribution in [2.45, 2.75) is 25.5 Å². The van der Waals surface area contributed by atoms with Crippen LogP contribution >= 0.6 is 0 Å². The lowest BCUT2D eigenvalue weighted by molar-refractivity contribution is 0.198. The fourth-order valence-corrected chi connectivity index (χ4v) is 2.40. The van der Waals surface area contributed by atoms with Crippen molar-refractivity contribution in [3.63, 3.8) is 0 Å². The molecular weight excluding hydrogens is 216 g/mol. The number of rotatable bonds is 3. The maximum atomic E-state index is 9.61. The molecule has 0 bridgehead atoms. The third-order valence-electron chi connectivity index (χ3n) is 3.22. The zero-order valence-corrected chi connectivity index (χ0v) is 10.4. The van der Waals surface area contributed by atoms with Crippen LogP contribution in [-0.2, 0) is 0 Å². The van der Waals surface area contributed by atoms with Gasteiger partial charge in [-0.2, -0.15) is 0 Å². The molecule has 2 atom stereocenters. The fourth-order valence-electron chi connectivity index (χ4n) is 2.40. The Labute approximate surface area is 102 Å². The Hall–Kier alpha value is -1.26. The van der Waals surface area contributed by atoms with Gasteiger partial charge in [0.25, 0.3) is 0 Å². The third kappa shape index (κ3) is 2.37. The summed E-state index contributed by atoms with van der Waals surface area (Å²) in [5, 5.41) is 9.61. The molecule has 0 aliphatic carbocycles. The van der Waals surface area contributed by atoms with E-state index < -0.39 is 0 Å². The normalized spacial score (nSPS) is 21.6. The molecule has 2 unspecified atom stereocenters. The topological polar surface area (TPSA) is 58.7 Å². The Morgan fingerprint density at radius 3 is 2.82 bits per heavy atom. The molecule has 1 aliphatic heterocycles. The number of hydrogen-bond acceptors (Lipinski definition) is 4. The molecule has 94 valence electrons. The number of anilines is 1. The molecule has 0 radical (unpaired) electrons. The fraction of sp³-hybridized carbons (Fsp3) is 0.538. The highest BCUT2D eigenvalue weighted by Gasteiger charge is 2.24. The zero-order valence-electron chi connectivity index (χ0n) is 10.4. The highest BCUT2D eigenvalue weighted by atomic mass is 16.5. The SMILES string of the molecule is COc1cccc(N2CCC(O)C2)c1C(C)N. The number of β-amino-alcohol motifs (C(OH)–C–C–N with tert-alkyl or cyclic N) is 1. The molecule has 4 nitrogen and oxygen atoms in total. The number of aliphatic hydroxyl groups is 1. The Kier molecular flexibility index (Phi) is 3.54. The zero-order chi connectivity index (χ0) is 12.4. The summed E-state index contributed by atoms with van der Waals surface area (Å²) in [4.78, 5) is 2.17. The van der Waals surface area contributed by atoms with Gasteiger partial charge in [0.05, 0.1) is 13.2 Å². The van der Waals surface area contributed by atoms with Gasteiger partial charge < -0.3 is 20.5 Å². The van der Waals surface area contributed by atoms with Crippen LogP contribution in [0.2, 0.25) is 0 Å². The summed E-state index contributed by atoms with van der Waals surface area (Å²) in [6.45, 7) is 3.49. The average molecular weight is 236 g/mol. The second kappa shape index (κ2) is 4.94. The molecule has 1 fully saturated rings. The first-order chi connectivity index (χ1) is 8.13. The van der Waals surface area contributed by atoms with Crippen molar-refractivity contribution in [1.29, 1.82) is 0 Å². The van der Waals surface area contributed by atoms with Crippen LogP contribution in [0.1, 0.15) is 24.9 Å². The van der Waals surface area contributed by atoms with E-state index in [4.69, 9.17) is 10.5 Å². The molecular formula is C13H20N2O2. The van der Waals surface area contributed by atoms with Crippen LogP contribution in [0.5, 0.6) is 5.75 Å². The van der Waals surface area contributed by atoms with E-state index in [-0.39, 0.29) is 12.1 Å². The first-order valence-electron chi connectivity index (χ1n) is 5.99. The molecule has 1 saturated heterocycles. The summed E-state index contributed by atoms with van der Waals surface area (Å²) in [6.07, 6.45) is 0.581. The van der Waals surface area contributed by atoms with Gasteiger partial charge in [-0.25, -0.2) is 0 Å². The monoisotopic (exact) mass is 236 g/mol. The van der Waals surface area contributed by atoms with Crippen LogP contribution in [0.15, 0.2) is 18.2 Å². The lowest BCUT2D eigenvalue weighted by Gasteiger charge is -2.24. The Morgan fingerprint density at radius 2 is 2.29 bits per heavy atom. The number of benzene rings is 1. The molecule has 4 heteroatoms. The van der Waals surface area contributed by atoms with Gasteiger partial charge in [-0.05, 0) is 25.5 Å². The van der Waals surface area contributed by atoms with Gasteiger partial charge in [-0.15, -0.1) is 0 Å². The van der Waals surface area contributed by atoms with Gasteiger partial charge in [0.2, 0.25) is 0 Å². The minimum absolute atomic E-state index is 0.0844. The van der Waals surface area contributed by atoms with E-state index in [9.17, 15) is 5.11 Å². The lowest BCUT2D eigenvalue weighted by atomic mass is 10.0. The maximum absolute atomic E-state index is 9.61. The number of aliphatic hydroxyl groups excluding tert-OH is 1. The molecule has 0 spiro atoms. The first kappa shape index (κ1) is 12.2. The number of nitrogens with zero attached hydrogens (tertiary/aromatic N) is 1. The quantitative estimate of drug-likeness (QED) is 0.830. The number of hydrogen-bond donors (Lipinski definition) is 2. The molecule has 2 rings (SSSR count). The number of methoxy groups -OCH3 is 1. The summed E-state index contributed by atoms with van der Waals surface area (Å²) in [7, 11) is 1.66. The lowest BCUT2D eigenvalue weighted by Crippen LogP contribution is -2.24. The molecule has 17 heavy (non-hydrogen) atoms. The van der Waals surface area contributed by atoms with Crippen molar-refractivity contribution in [2.24, 2.45) is 5.73 Å². The van der Waals surface area contributed by atoms with Gasteiger partial charge >= 0.3 is 0 Å². The predicted octanol–water partition coefficient (Wildman–Crippen LogP) is 1.29. The molecule has 0 saturated carbocycles. The van der Waals surface area contributed by atoms with E-state index in [0.717, 1.165) is 30.0 Å². The highest BCUT2D eigenvalue weighted by molar-refractivity contribution is 5.61. The molecule has 1 aliphatic rings. The maximum Gasteiger partial charge on any atom is 0.125 e. The van der Waals surface area contributed by atoms with Crippen molar-refractivity contribution < 1.29 is 9.84 Å². The summed E-state index contributed by atoms with van der Waals surface area (Å²) in [6, 6.07) is 5.84. The third-order valence-corrected chi connectivity index (χ3v) is 3.22. The largest absolute Gasteiger partial charge is 0.496 e. The first-order valence-corrected chi connectivity index (χ1v) is 5.99. The van der Waals surface area contributed by atoms with Crippen LogP contribution in [0.4, 0.5) is 5.69 Å². The summed E-state index contributed by atoms with van der Waals surface area (Å²) < 4.78 is 5.36. The van der Waals surface area contributed by atoms with Gasteiger partial charge in [0.1, 0.15) is 5.75 Å². The predicted molar refractivity (Wildman–Crippen MR) is 68.4 cm³/mol. The average Bonchev–Trinajstić information content (AvgIpc) is 2.74. The van der Waals surface area contributed by atoms with Crippen LogP contribution < -0.4 is 15.4 Å². The van der Waals surface area contributed by atoms with Crippen molar-refractivity contribution >= 4 is 5.69 Å². The van der Waals surface area contributed by atoms with Crippen LogP contribution in [0, 0.1) is 0 Å². The van der Waals surface area contributed by atoms with Crippen LogP contribution in [0.3, 0.4) is 0 Å². The Morgan fingerprint density at radius 1 is 1.53 bits per heavy atom. The van der Waals surface area contributed by atoms with Crippen LogP contribution in [-0.4, -0.2) is 31.4 Å². The molecule has 1 aromatic rings. The van der Waals surface area contributed by atoms with Gasteiger partial charge in [0, 0.05) is 30.4 Å². The number of ether oxygens (including phenoxy) is 1. The Bertz CT molecular complexity index is 393. The van der Waals surface area contributed by atoms with Crippen LogP contribution in [0.25, 0.3) is 0 Å². The molecule has 1 heterocycles. The number of nitrogens with two attached hydrogens (primary N) is 1. The summed E-state index contributed by atoms with van der Waals surface area (Å²) in [5.41, 5.74) is 8.12. The molecule has 1 aromatic carbocycles. The van der Waals surface area contributed by atoms with E-state index >= 15 is 0 Å². The molecule has 0 amide bonds. The van der Waals surface area contributed by atoms with Crippen molar-refractivity contribution in [3.05, 3.63) is 23.8 Å². The second-order valence-electron chi connectivity index (χ2n) is 4.57. The van der Waals surface area contributed by atoms with E-state index in [1.54, 1.807) is 7.11 Å². The van der Waals surface area contributed by atoms with Crippen molar-refractivity contribution in [3.8, 4) is 5.75 Å². The Balaban J connectivity index is 2.39. The minimum atomic E-state index is -0.234. The van der Waals surface area contributed by atoms with Gasteiger partial charge in [-0.3, -0.25) is 0 Å². The standard InChI is InChI=1S/C13H20N2O2/c1-9(14)13-11(4-3-5-12(13)17-2)15-7-6-10(16)8-15/h3-5,9-10,16H,6-8,14H2,1-2H3. The van der Waals surface area contributed by atoms with Crippen molar-refractivity contribution in [1.82, 2.24) is 0 Å². The summed E-state index contributed by atoms with van der Waals surface area (Å²) >= 11 is 0. The minimum Gasteiger partial charge on any atom is -0.496 e. The van der Waals surface area contributed by atoms with Gasteiger partial charge in [0.15, 0.2) is 0 Å². The highest BCUT2D eigenvalue weighted by Crippen LogP contribution is 2.35. The molecule has 3 N–H and O–H groups in total. The second-order valence-corrected chi connectivity index (χ2v) is 4.57. The van der Waals surface area contributed by atoms with E-state index in [0.29, 0.717) is 6.54 Å².